The van der Waals surface area contributed by atoms with Crippen molar-refractivity contribution >= 4 is 11.8 Å². The molecule has 0 aromatic heterocycles. The summed E-state index contributed by atoms with van der Waals surface area (Å²) in [6, 6.07) is 7.05. The number of benzene rings is 1. The highest BCUT2D eigenvalue weighted by molar-refractivity contribution is 7.99. The molecule has 1 fully saturated rings. The van der Waals surface area contributed by atoms with Crippen LogP contribution in [-0.4, -0.2) is 42.7 Å². The van der Waals surface area contributed by atoms with Crippen molar-refractivity contribution in [3.63, 3.8) is 0 Å². The Balaban J connectivity index is 1.64. The number of fused-ring (bicyclic) bond motifs is 1. The maximum Gasteiger partial charge on any atom is 0.161 e. The molecule has 0 bridgehead atoms. The topological polar surface area (TPSA) is 21.7 Å². The number of hydrogen-bond acceptors (Lipinski definition) is 4. The predicted molar refractivity (Wildman–Crippen MR) is 88.6 cm³/mol. The van der Waals surface area contributed by atoms with E-state index >= 15 is 0 Å². The standard InChI is InChI=1S/C17H25NO2S/c1-2-21-12-4-9-18-8-3-5-15(18)14-6-7-16-17(13-14)20-11-10-19-16/h6-7,13,15H,2-5,8-12H2,1H3/t15-/m0/s1. The lowest BCUT2D eigenvalue weighted by molar-refractivity contribution is 0.170. The summed E-state index contributed by atoms with van der Waals surface area (Å²) >= 11 is 2.04. The summed E-state index contributed by atoms with van der Waals surface area (Å²) in [6.07, 6.45) is 3.86. The first-order chi connectivity index (χ1) is 10.4. The molecule has 2 aliphatic heterocycles. The van der Waals surface area contributed by atoms with E-state index in [0.29, 0.717) is 19.3 Å². The molecule has 1 aromatic rings. The van der Waals surface area contributed by atoms with Crippen LogP contribution in [0.15, 0.2) is 18.2 Å². The van der Waals surface area contributed by atoms with E-state index in [4.69, 9.17) is 9.47 Å². The highest BCUT2D eigenvalue weighted by atomic mass is 32.2. The van der Waals surface area contributed by atoms with Gasteiger partial charge in [0.2, 0.25) is 0 Å². The number of nitrogens with zero attached hydrogens (tertiary/aromatic N) is 1. The van der Waals surface area contributed by atoms with E-state index in [9.17, 15) is 0 Å². The van der Waals surface area contributed by atoms with Crippen LogP contribution in [0.25, 0.3) is 0 Å². The molecule has 2 heterocycles. The molecule has 0 amide bonds. The highest BCUT2D eigenvalue weighted by Gasteiger charge is 2.26. The number of hydrogen-bond donors (Lipinski definition) is 0. The van der Waals surface area contributed by atoms with E-state index in [2.05, 4.69) is 30.0 Å². The fraction of sp³-hybridized carbons (Fsp3) is 0.647. The van der Waals surface area contributed by atoms with Gasteiger partial charge in [-0.15, -0.1) is 0 Å². The van der Waals surface area contributed by atoms with Gasteiger partial charge in [-0.05, 0) is 61.6 Å². The Hall–Kier alpha value is -0.870. The second kappa shape index (κ2) is 7.41. The third-order valence-corrected chi connectivity index (χ3v) is 5.24. The second-order valence-electron chi connectivity index (χ2n) is 5.65. The molecule has 1 aromatic carbocycles. The number of rotatable bonds is 6. The van der Waals surface area contributed by atoms with E-state index in [1.165, 1.54) is 49.4 Å². The summed E-state index contributed by atoms with van der Waals surface area (Å²) in [5.41, 5.74) is 1.39. The van der Waals surface area contributed by atoms with Crippen LogP contribution in [0.5, 0.6) is 11.5 Å². The molecule has 2 aliphatic rings. The lowest BCUT2D eigenvalue weighted by Crippen LogP contribution is -2.25. The third kappa shape index (κ3) is 3.67. The van der Waals surface area contributed by atoms with E-state index in [1.54, 1.807) is 0 Å². The van der Waals surface area contributed by atoms with E-state index < -0.39 is 0 Å². The van der Waals surface area contributed by atoms with Crippen molar-refractivity contribution in [1.82, 2.24) is 4.90 Å². The minimum Gasteiger partial charge on any atom is -0.486 e. The average molecular weight is 307 g/mol. The predicted octanol–water partition coefficient (Wildman–Crippen LogP) is 3.74. The SMILES string of the molecule is CCSCCCN1CCC[C@H]1c1ccc2c(c1)OCCO2. The summed E-state index contributed by atoms with van der Waals surface area (Å²) in [7, 11) is 0. The first-order valence-electron chi connectivity index (χ1n) is 8.10. The smallest absolute Gasteiger partial charge is 0.161 e. The first kappa shape index (κ1) is 15.0. The van der Waals surface area contributed by atoms with Crippen LogP contribution in [0.1, 0.15) is 37.8 Å². The Morgan fingerprint density at radius 3 is 2.95 bits per heavy atom. The van der Waals surface area contributed by atoms with Crippen molar-refractivity contribution in [2.75, 3.05) is 37.8 Å². The van der Waals surface area contributed by atoms with Crippen LogP contribution in [0, 0.1) is 0 Å². The van der Waals surface area contributed by atoms with Crippen LogP contribution in [0.3, 0.4) is 0 Å². The van der Waals surface area contributed by atoms with Crippen molar-refractivity contribution in [3.05, 3.63) is 23.8 Å². The number of likely N-dealkylation sites (tertiary alicyclic amines) is 1. The fourth-order valence-corrected chi connectivity index (χ4v) is 3.87. The van der Waals surface area contributed by atoms with Crippen molar-refractivity contribution < 1.29 is 9.47 Å². The Morgan fingerprint density at radius 1 is 1.24 bits per heavy atom. The third-order valence-electron chi connectivity index (χ3n) is 4.25. The summed E-state index contributed by atoms with van der Waals surface area (Å²) in [6.45, 7) is 6.01. The van der Waals surface area contributed by atoms with Gasteiger partial charge in [0.1, 0.15) is 13.2 Å². The lowest BCUT2D eigenvalue weighted by Gasteiger charge is -2.26. The van der Waals surface area contributed by atoms with Crippen molar-refractivity contribution in [2.24, 2.45) is 0 Å². The number of ether oxygens (including phenoxy) is 2. The molecule has 0 spiro atoms. The van der Waals surface area contributed by atoms with Crippen LogP contribution >= 0.6 is 11.8 Å². The zero-order chi connectivity index (χ0) is 14.5. The van der Waals surface area contributed by atoms with Gasteiger partial charge in [0, 0.05) is 6.04 Å². The molecular weight excluding hydrogens is 282 g/mol. The molecular formula is C17H25NO2S. The van der Waals surface area contributed by atoms with Gasteiger partial charge < -0.3 is 9.47 Å². The quantitative estimate of drug-likeness (QED) is 0.746. The molecule has 3 rings (SSSR count). The summed E-state index contributed by atoms with van der Waals surface area (Å²) in [4.78, 5) is 2.64. The van der Waals surface area contributed by atoms with Crippen molar-refractivity contribution in [2.45, 2.75) is 32.2 Å². The van der Waals surface area contributed by atoms with Crippen LogP contribution in [0.4, 0.5) is 0 Å². The van der Waals surface area contributed by atoms with Gasteiger partial charge in [-0.3, -0.25) is 4.90 Å². The fourth-order valence-electron chi connectivity index (χ4n) is 3.25. The highest BCUT2D eigenvalue weighted by Crippen LogP contribution is 2.38. The first-order valence-corrected chi connectivity index (χ1v) is 9.25. The van der Waals surface area contributed by atoms with Gasteiger partial charge in [-0.1, -0.05) is 13.0 Å². The Bertz CT molecular complexity index is 466. The van der Waals surface area contributed by atoms with Crippen LogP contribution < -0.4 is 9.47 Å². The van der Waals surface area contributed by atoms with Gasteiger partial charge in [0.05, 0.1) is 0 Å². The molecule has 1 atom stereocenters. The van der Waals surface area contributed by atoms with Gasteiger partial charge in [-0.25, -0.2) is 0 Å². The van der Waals surface area contributed by atoms with Gasteiger partial charge in [-0.2, -0.15) is 11.8 Å². The molecule has 0 N–H and O–H groups in total. The van der Waals surface area contributed by atoms with Crippen LogP contribution in [0.2, 0.25) is 0 Å². The van der Waals surface area contributed by atoms with Gasteiger partial charge in [0.15, 0.2) is 11.5 Å². The Labute approximate surface area is 132 Å². The molecule has 1 saturated heterocycles. The molecule has 116 valence electrons. The van der Waals surface area contributed by atoms with Crippen molar-refractivity contribution in [1.29, 1.82) is 0 Å². The average Bonchev–Trinajstić information content (AvgIpc) is 2.99. The van der Waals surface area contributed by atoms with Gasteiger partial charge >= 0.3 is 0 Å². The minimum atomic E-state index is 0.562. The zero-order valence-corrected chi connectivity index (χ0v) is 13.7. The van der Waals surface area contributed by atoms with Crippen LogP contribution in [-0.2, 0) is 0 Å². The largest absolute Gasteiger partial charge is 0.486 e. The lowest BCUT2D eigenvalue weighted by atomic mass is 10.0. The summed E-state index contributed by atoms with van der Waals surface area (Å²) in [5, 5.41) is 0. The molecule has 4 heteroatoms. The van der Waals surface area contributed by atoms with Gasteiger partial charge in [0.25, 0.3) is 0 Å². The molecule has 21 heavy (non-hydrogen) atoms. The molecule has 0 aliphatic carbocycles. The van der Waals surface area contributed by atoms with E-state index in [0.717, 1.165) is 11.5 Å². The van der Waals surface area contributed by atoms with Crippen molar-refractivity contribution in [3.8, 4) is 11.5 Å². The van der Waals surface area contributed by atoms with E-state index in [1.807, 2.05) is 11.8 Å². The molecule has 0 radical (unpaired) electrons. The second-order valence-corrected chi connectivity index (χ2v) is 7.04. The van der Waals surface area contributed by atoms with E-state index in [-0.39, 0.29) is 0 Å². The maximum absolute atomic E-state index is 5.73. The normalized spacial score (nSPS) is 21.7. The monoisotopic (exact) mass is 307 g/mol. The molecule has 3 nitrogen and oxygen atoms in total. The summed E-state index contributed by atoms with van der Waals surface area (Å²) in [5.74, 6) is 4.33. The zero-order valence-electron chi connectivity index (χ0n) is 12.8. The Morgan fingerprint density at radius 2 is 2.10 bits per heavy atom. The maximum atomic E-state index is 5.73. The molecule has 0 unspecified atom stereocenters. The number of thioether (sulfide) groups is 1. The molecule has 0 saturated carbocycles. The summed E-state index contributed by atoms with van der Waals surface area (Å²) < 4.78 is 11.3. The Kier molecular flexibility index (Phi) is 5.31. The minimum absolute atomic E-state index is 0.562.